The van der Waals surface area contributed by atoms with E-state index in [4.69, 9.17) is 5.11 Å². The molecule has 0 amide bonds. The molecule has 110 valence electrons. The summed E-state index contributed by atoms with van der Waals surface area (Å²) in [6.07, 6.45) is 1.04. The molecule has 1 N–H and O–H groups in total. The normalized spacial score (nSPS) is 17.9. The molecular weight excluding hydrogens is 252 g/mol. The summed E-state index contributed by atoms with van der Waals surface area (Å²) >= 11 is 0. The summed E-state index contributed by atoms with van der Waals surface area (Å²) in [6.45, 7) is 9.13. The van der Waals surface area contributed by atoms with Crippen LogP contribution in [0.4, 0.5) is 0 Å². The van der Waals surface area contributed by atoms with Crippen LogP contribution in [0.25, 0.3) is 0 Å². The summed E-state index contributed by atoms with van der Waals surface area (Å²) in [4.78, 5) is 15.2. The minimum absolute atomic E-state index is 0.164. The third-order valence-corrected chi connectivity index (χ3v) is 4.02. The second-order valence-electron chi connectivity index (χ2n) is 5.72. The van der Waals surface area contributed by atoms with E-state index >= 15 is 0 Å². The van der Waals surface area contributed by atoms with E-state index in [0.29, 0.717) is 0 Å². The van der Waals surface area contributed by atoms with Gasteiger partial charge in [-0.25, -0.2) is 0 Å². The Morgan fingerprint density at radius 3 is 2.50 bits per heavy atom. The van der Waals surface area contributed by atoms with Crippen molar-refractivity contribution in [1.29, 1.82) is 0 Å². The van der Waals surface area contributed by atoms with E-state index in [1.165, 1.54) is 16.7 Å². The first-order valence-corrected chi connectivity index (χ1v) is 7.27. The second kappa shape index (κ2) is 6.86. The number of carboxylic acids is 1. The lowest BCUT2D eigenvalue weighted by atomic mass is 10.1. The SMILES string of the molecule is Cc1ccc(CN2CCCN(CC(=O)O)CC2)cc1C. The lowest BCUT2D eigenvalue weighted by Gasteiger charge is -2.21. The first-order chi connectivity index (χ1) is 9.54. The van der Waals surface area contributed by atoms with Gasteiger partial charge in [-0.1, -0.05) is 18.2 Å². The van der Waals surface area contributed by atoms with Crippen LogP contribution in [0.3, 0.4) is 0 Å². The maximum atomic E-state index is 10.8. The van der Waals surface area contributed by atoms with Crippen LogP contribution in [0.2, 0.25) is 0 Å². The van der Waals surface area contributed by atoms with E-state index in [9.17, 15) is 4.79 Å². The Kier molecular flexibility index (Phi) is 5.15. The van der Waals surface area contributed by atoms with Crippen LogP contribution in [0.15, 0.2) is 18.2 Å². The monoisotopic (exact) mass is 276 g/mol. The van der Waals surface area contributed by atoms with Crippen LogP contribution in [0.1, 0.15) is 23.1 Å². The molecule has 1 aromatic carbocycles. The molecule has 1 aliphatic heterocycles. The van der Waals surface area contributed by atoms with Gasteiger partial charge in [-0.3, -0.25) is 14.6 Å². The van der Waals surface area contributed by atoms with Crippen molar-refractivity contribution < 1.29 is 9.90 Å². The number of aryl methyl sites for hydroxylation is 2. The molecule has 0 atom stereocenters. The number of carboxylic acid groups (broad SMARTS) is 1. The molecule has 4 nitrogen and oxygen atoms in total. The van der Waals surface area contributed by atoms with Gasteiger partial charge in [0, 0.05) is 26.2 Å². The summed E-state index contributed by atoms with van der Waals surface area (Å²) in [5.74, 6) is -0.729. The van der Waals surface area contributed by atoms with Crippen LogP contribution in [-0.2, 0) is 11.3 Å². The van der Waals surface area contributed by atoms with Gasteiger partial charge < -0.3 is 5.11 Å². The zero-order valence-electron chi connectivity index (χ0n) is 12.4. The summed E-state index contributed by atoms with van der Waals surface area (Å²) in [7, 11) is 0. The van der Waals surface area contributed by atoms with Gasteiger partial charge in [0.2, 0.25) is 0 Å². The molecule has 0 aromatic heterocycles. The first kappa shape index (κ1) is 15.0. The molecule has 0 saturated carbocycles. The predicted octanol–water partition coefficient (Wildman–Crippen LogP) is 1.90. The van der Waals surface area contributed by atoms with E-state index in [-0.39, 0.29) is 6.54 Å². The molecule has 1 aromatic rings. The Bertz CT molecular complexity index is 474. The second-order valence-corrected chi connectivity index (χ2v) is 5.72. The highest BCUT2D eigenvalue weighted by molar-refractivity contribution is 5.69. The van der Waals surface area contributed by atoms with Gasteiger partial charge in [-0.05, 0) is 43.5 Å². The fourth-order valence-corrected chi connectivity index (χ4v) is 2.69. The Morgan fingerprint density at radius 1 is 1.10 bits per heavy atom. The highest BCUT2D eigenvalue weighted by Crippen LogP contribution is 2.13. The number of nitrogens with zero attached hydrogens (tertiary/aromatic N) is 2. The predicted molar refractivity (Wildman–Crippen MR) is 79.9 cm³/mol. The quantitative estimate of drug-likeness (QED) is 0.912. The average molecular weight is 276 g/mol. The van der Waals surface area contributed by atoms with Crippen LogP contribution < -0.4 is 0 Å². The molecule has 1 saturated heterocycles. The van der Waals surface area contributed by atoms with Crippen LogP contribution >= 0.6 is 0 Å². The molecule has 2 rings (SSSR count). The van der Waals surface area contributed by atoms with Gasteiger partial charge >= 0.3 is 5.97 Å². The molecule has 1 fully saturated rings. The van der Waals surface area contributed by atoms with Crippen molar-refractivity contribution in [3.63, 3.8) is 0 Å². The van der Waals surface area contributed by atoms with Crippen molar-refractivity contribution in [3.05, 3.63) is 34.9 Å². The van der Waals surface area contributed by atoms with Crippen molar-refractivity contribution >= 4 is 5.97 Å². The number of rotatable bonds is 4. The van der Waals surface area contributed by atoms with E-state index in [1.54, 1.807) is 0 Å². The fourth-order valence-electron chi connectivity index (χ4n) is 2.69. The van der Waals surface area contributed by atoms with Gasteiger partial charge in [-0.15, -0.1) is 0 Å². The third kappa shape index (κ3) is 4.32. The number of benzene rings is 1. The largest absolute Gasteiger partial charge is 0.480 e. The van der Waals surface area contributed by atoms with E-state index in [2.05, 4.69) is 36.9 Å². The summed E-state index contributed by atoms with van der Waals surface area (Å²) < 4.78 is 0. The fraction of sp³-hybridized carbons (Fsp3) is 0.562. The lowest BCUT2D eigenvalue weighted by molar-refractivity contribution is -0.138. The average Bonchev–Trinajstić information content (AvgIpc) is 2.59. The van der Waals surface area contributed by atoms with Gasteiger partial charge in [0.05, 0.1) is 6.54 Å². The lowest BCUT2D eigenvalue weighted by Crippen LogP contribution is -2.34. The zero-order chi connectivity index (χ0) is 14.5. The molecule has 1 heterocycles. The van der Waals surface area contributed by atoms with Crippen molar-refractivity contribution in [3.8, 4) is 0 Å². The zero-order valence-corrected chi connectivity index (χ0v) is 12.4. The van der Waals surface area contributed by atoms with Crippen molar-refractivity contribution in [1.82, 2.24) is 9.80 Å². The topological polar surface area (TPSA) is 43.8 Å². The van der Waals surface area contributed by atoms with Gasteiger partial charge in [0.25, 0.3) is 0 Å². The highest BCUT2D eigenvalue weighted by atomic mass is 16.4. The highest BCUT2D eigenvalue weighted by Gasteiger charge is 2.16. The molecule has 20 heavy (non-hydrogen) atoms. The molecule has 1 aliphatic rings. The van der Waals surface area contributed by atoms with Crippen molar-refractivity contribution in [2.45, 2.75) is 26.8 Å². The number of carbonyl (C=O) groups is 1. The standard InChI is InChI=1S/C16H24N2O2/c1-13-4-5-15(10-14(13)2)11-17-6-3-7-18(9-8-17)12-16(19)20/h4-5,10H,3,6-9,11-12H2,1-2H3,(H,19,20). The van der Waals surface area contributed by atoms with Crippen LogP contribution in [-0.4, -0.2) is 53.6 Å². The number of aliphatic carboxylic acids is 1. The molecule has 0 unspecified atom stereocenters. The molecule has 0 spiro atoms. The first-order valence-electron chi connectivity index (χ1n) is 7.27. The van der Waals surface area contributed by atoms with Gasteiger partial charge in [0.15, 0.2) is 0 Å². The summed E-state index contributed by atoms with van der Waals surface area (Å²) in [5, 5.41) is 8.86. The Balaban J connectivity index is 1.90. The minimum atomic E-state index is -0.729. The van der Waals surface area contributed by atoms with Crippen molar-refractivity contribution in [2.75, 3.05) is 32.7 Å². The maximum Gasteiger partial charge on any atom is 0.317 e. The summed E-state index contributed by atoms with van der Waals surface area (Å²) in [6, 6.07) is 6.64. The number of hydrogen-bond acceptors (Lipinski definition) is 3. The smallest absolute Gasteiger partial charge is 0.317 e. The Morgan fingerprint density at radius 2 is 1.80 bits per heavy atom. The Labute approximate surface area is 121 Å². The van der Waals surface area contributed by atoms with Crippen LogP contribution in [0, 0.1) is 13.8 Å². The van der Waals surface area contributed by atoms with E-state index < -0.39 is 5.97 Å². The van der Waals surface area contributed by atoms with Gasteiger partial charge in [-0.2, -0.15) is 0 Å². The van der Waals surface area contributed by atoms with Crippen molar-refractivity contribution in [2.24, 2.45) is 0 Å². The molecule has 0 radical (unpaired) electrons. The molecular formula is C16H24N2O2. The van der Waals surface area contributed by atoms with E-state index in [0.717, 1.165) is 39.1 Å². The van der Waals surface area contributed by atoms with Gasteiger partial charge in [0.1, 0.15) is 0 Å². The maximum absolute atomic E-state index is 10.8. The Hall–Kier alpha value is -1.39. The van der Waals surface area contributed by atoms with E-state index in [1.807, 2.05) is 4.90 Å². The molecule has 0 bridgehead atoms. The minimum Gasteiger partial charge on any atom is -0.480 e. The molecule has 0 aliphatic carbocycles. The van der Waals surface area contributed by atoms with Crippen LogP contribution in [0.5, 0.6) is 0 Å². The molecule has 4 heteroatoms. The number of hydrogen-bond donors (Lipinski definition) is 1. The third-order valence-electron chi connectivity index (χ3n) is 4.02. The summed E-state index contributed by atoms with van der Waals surface area (Å²) in [5.41, 5.74) is 4.02.